The Kier molecular flexibility index (Phi) is 3.11. The zero-order chi connectivity index (χ0) is 14.2. The van der Waals surface area contributed by atoms with Gasteiger partial charge in [-0.1, -0.05) is 18.2 Å². The first kappa shape index (κ1) is 12.8. The molecule has 0 atom stereocenters. The first-order valence-electron chi connectivity index (χ1n) is 7.61. The molecule has 0 spiro atoms. The van der Waals surface area contributed by atoms with Gasteiger partial charge in [-0.15, -0.1) is 0 Å². The molecule has 1 aliphatic heterocycles. The van der Waals surface area contributed by atoms with Gasteiger partial charge < -0.3 is 10.1 Å². The van der Waals surface area contributed by atoms with Gasteiger partial charge in [0.2, 0.25) is 0 Å². The number of aromatic nitrogens is 2. The Morgan fingerprint density at radius 3 is 2.95 bits per heavy atom. The highest BCUT2D eigenvalue weighted by Gasteiger charge is 2.24. The lowest BCUT2D eigenvalue weighted by atomic mass is 10.1. The van der Waals surface area contributed by atoms with E-state index in [1.807, 2.05) is 7.05 Å². The minimum Gasteiger partial charge on any atom is -0.376 e. The second kappa shape index (κ2) is 5.11. The molecular weight excluding hydrogens is 262 g/mol. The number of fused-ring (bicyclic) bond motifs is 1. The number of anilines is 1. The number of ether oxygens (including phenoxy) is 1. The molecule has 4 rings (SSSR count). The molecule has 1 aromatic carbocycles. The van der Waals surface area contributed by atoms with Crippen molar-refractivity contribution in [2.75, 3.05) is 19.0 Å². The van der Waals surface area contributed by atoms with Gasteiger partial charge in [-0.2, -0.15) is 0 Å². The molecule has 0 radical (unpaired) electrons. The lowest BCUT2D eigenvalue weighted by molar-refractivity contribution is 0.109. The first-order valence-corrected chi connectivity index (χ1v) is 7.61. The highest BCUT2D eigenvalue weighted by molar-refractivity contribution is 5.61. The molecular formula is C17H19N3O. The van der Waals surface area contributed by atoms with Crippen LogP contribution in [-0.4, -0.2) is 23.6 Å². The second-order valence-electron chi connectivity index (χ2n) is 5.77. The Balaban J connectivity index is 1.79. The van der Waals surface area contributed by atoms with Crippen LogP contribution in [0.1, 0.15) is 35.6 Å². The number of benzene rings is 1. The van der Waals surface area contributed by atoms with Gasteiger partial charge in [0.05, 0.1) is 18.9 Å². The third-order valence-electron chi connectivity index (χ3n) is 4.25. The second-order valence-corrected chi connectivity index (χ2v) is 5.77. The number of nitrogens with zero attached hydrogens (tertiary/aromatic N) is 2. The van der Waals surface area contributed by atoms with Crippen LogP contribution in [0.2, 0.25) is 0 Å². The number of rotatable bonds is 3. The van der Waals surface area contributed by atoms with Gasteiger partial charge in [0.25, 0.3) is 0 Å². The van der Waals surface area contributed by atoms with E-state index in [-0.39, 0.29) is 0 Å². The lowest BCUT2D eigenvalue weighted by Crippen LogP contribution is -2.16. The van der Waals surface area contributed by atoms with Crippen molar-refractivity contribution in [1.82, 2.24) is 9.97 Å². The number of nitrogens with one attached hydrogen (secondary N) is 1. The van der Waals surface area contributed by atoms with Crippen LogP contribution in [0.25, 0.3) is 11.4 Å². The highest BCUT2D eigenvalue weighted by atomic mass is 16.5. The van der Waals surface area contributed by atoms with E-state index in [0.29, 0.717) is 6.61 Å². The van der Waals surface area contributed by atoms with E-state index in [2.05, 4.69) is 29.6 Å². The quantitative estimate of drug-likeness (QED) is 0.939. The molecule has 1 aromatic heterocycles. The average molecular weight is 281 g/mol. The summed E-state index contributed by atoms with van der Waals surface area (Å²) in [6.07, 6.45) is 3.49. The summed E-state index contributed by atoms with van der Waals surface area (Å²) < 4.78 is 5.52. The smallest absolute Gasteiger partial charge is 0.161 e. The van der Waals surface area contributed by atoms with Gasteiger partial charge in [0.1, 0.15) is 5.82 Å². The summed E-state index contributed by atoms with van der Waals surface area (Å²) in [7, 11) is 1.90. The topological polar surface area (TPSA) is 47.0 Å². The standard InChI is InChI=1S/C17H19N3O/c1-18-17-14-10-21-8-7-15(14)19-16(20-17)13-4-2-3-12(9-13)11-5-6-11/h2-4,9,11H,5-8,10H2,1H3,(H,18,19,20). The maximum absolute atomic E-state index is 5.52. The van der Waals surface area contributed by atoms with Crippen LogP contribution in [0, 0.1) is 0 Å². The molecule has 0 amide bonds. The zero-order valence-electron chi connectivity index (χ0n) is 12.2. The molecule has 21 heavy (non-hydrogen) atoms. The first-order chi connectivity index (χ1) is 10.3. The molecule has 1 saturated carbocycles. The molecule has 2 heterocycles. The number of hydrogen-bond donors (Lipinski definition) is 1. The van der Waals surface area contributed by atoms with Gasteiger partial charge in [-0.05, 0) is 30.4 Å². The molecule has 1 N–H and O–H groups in total. The summed E-state index contributed by atoms with van der Waals surface area (Å²) in [5, 5.41) is 3.18. The highest BCUT2D eigenvalue weighted by Crippen LogP contribution is 2.41. The fourth-order valence-corrected chi connectivity index (χ4v) is 2.92. The predicted molar refractivity (Wildman–Crippen MR) is 82.3 cm³/mol. The molecule has 108 valence electrons. The molecule has 0 saturated heterocycles. The van der Waals surface area contributed by atoms with E-state index in [9.17, 15) is 0 Å². The van der Waals surface area contributed by atoms with Crippen LogP contribution in [0.3, 0.4) is 0 Å². The van der Waals surface area contributed by atoms with Crippen LogP contribution < -0.4 is 5.32 Å². The predicted octanol–water partition coefficient (Wildman–Crippen LogP) is 3.14. The van der Waals surface area contributed by atoms with Crippen molar-refractivity contribution in [3.8, 4) is 11.4 Å². The van der Waals surface area contributed by atoms with Crippen LogP contribution in [0.4, 0.5) is 5.82 Å². The summed E-state index contributed by atoms with van der Waals surface area (Å²) in [5.74, 6) is 2.47. The molecule has 1 aliphatic carbocycles. The molecule has 2 aromatic rings. The van der Waals surface area contributed by atoms with E-state index < -0.39 is 0 Å². The lowest BCUT2D eigenvalue weighted by Gasteiger charge is -2.19. The monoisotopic (exact) mass is 281 g/mol. The van der Waals surface area contributed by atoms with Gasteiger partial charge >= 0.3 is 0 Å². The summed E-state index contributed by atoms with van der Waals surface area (Å²) in [5.41, 5.74) is 4.76. The molecule has 4 nitrogen and oxygen atoms in total. The minimum atomic E-state index is 0.605. The third-order valence-corrected chi connectivity index (χ3v) is 4.25. The minimum absolute atomic E-state index is 0.605. The summed E-state index contributed by atoms with van der Waals surface area (Å²) in [6, 6.07) is 8.69. The fraction of sp³-hybridized carbons (Fsp3) is 0.412. The van der Waals surface area contributed by atoms with Crippen LogP contribution in [0.15, 0.2) is 24.3 Å². The van der Waals surface area contributed by atoms with E-state index >= 15 is 0 Å². The summed E-state index contributed by atoms with van der Waals surface area (Å²) in [4.78, 5) is 9.48. The van der Waals surface area contributed by atoms with E-state index in [0.717, 1.165) is 47.4 Å². The zero-order valence-corrected chi connectivity index (χ0v) is 12.2. The fourth-order valence-electron chi connectivity index (χ4n) is 2.92. The molecule has 0 unspecified atom stereocenters. The van der Waals surface area contributed by atoms with Crippen LogP contribution in [-0.2, 0) is 17.8 Å². The Bertz CT molecular complexity index is 662. The van der Waals surface area contributed by atoms with Gasteiger partial charge in [-0.25, -0.2) is 9.97 Å². The van der Waals surface area contributed by atoms with E-state index in [4.69, 9.17) is 14.7 Å². The third kappa shape index (κ3) is 2.40. The van der Waals surface area contributed by atoms with Crippen molar-refractivity contribution < 1.29 is 4.74 Å². The van der Waals surface area contributed by atoms with E-state index in [1.54, 1.807) is 0 Å². The van der Waals surface area contributed by atoms with Crippen molar-refractivity contribution in [3.63, 3.8) is 0 Å². The Morgan fingerprint density at radius 2 is 2.14 bits per heavy atom. The molecule has 0 bridgehead atoms. The van der Waals surface area contributed by atoms with Crippen molar-refractivity contribution >= 4 is 5.82 Å². The van der Waals surface area contributed by atoms with Gasteiger partial charge in [-0.3, -0.25) is 0 Å². The van der Waals surface area contributed by atoms with Crippen molar-refractivity contribution in [1.29, 1.82) is 0 Å². The molecule has 4 heteroatoms. The van der Waals surface area contributed by atoms with Crippen LogP contribution >= 0.6 is 0 Å². The molecule has 2 aliphatic rings. The Hall–Kier alpha value is -1.94. The normalized spacial score (nSPS) is 17.4. The van der Waals surface area contributed by atoms with Crippen molar-refractivity contribution in [2.24, 2.45) is 0 Å². The Labute approximate surface area is 124 Å². The van der Waals surface area contributed by atoms with Gasteiger partial charge in [0.15, 0.2) is 5.82 Å². The average Bonchev–Trinajstić information content (AvgIpc) is 3.39. The molecule has 1 fully saturated rings. The van der Waals surface area contributed by atoms with E-state index in [1.165, 1.54) is 18.4 Å². The Morgan fingerprint density at radius 1 is 1.24 bits per heavy atom. The van der Waals surface area contributed by atoms with Crippen molar-refractivity contribution in [3.05, 3.63) is 41.1 Å². The maximum Gasteiger partial charge on any atom is 0.161 e. The maximum atomic E-state index is 5.52. The van der Waals surface area contributed by atoms with Gasteiger partial charge in [0, 0.05) is 24.6 Å². The number of hydrogen-bond acceptors (Lipinski definition) is 4. The van der Waals surface area contributed by atoms with Crippen LogP contribution in [0.5, 0.6) is 0 Å². The summed E-state index contributed by atoms with van der Waals surface area (Å²) >= 11 is 0. The van der Waals surface area contributed by atoms with Crippen molar-refractivity contribution in [2.45, 2.75) is 31.8 Å². The summed E-state index contributed by atoms with van der Waals surface area (Å²) in [6.45, 7) is 1.35. The SMILES string of the molecule is CNc1nc(-c2cccc(C3CC3)c2)nc2c1COCC2. The largest absolute Gasteiger partial charge is 0.376 e.